The summed E-state index contributed by atoms with van der Waals surface area (Å²) in [4.78, 5) is 2.20. The van der Waals surface area contributed by atoms with Gasteiger partial charge in [0.05, 0.1) is 6.04 Å². The van der Waals surface area contributed by atoms with Crippen LogP contribution in [0.25, 0.3) is 0 Å². The van der Waals surface area contributed by atoms with Gasteiger partial charge in [0.25, 0.3) is 0 Å². The molecule has 0 spiro atoms. The molecule has 2 rings (SSSR count). The average molecular weight is 252 g/mol. The van der Waals surface area contributed by atoms with Crippen molar-refractivity contribution < 1.29 is 4.42 Å². The number of rotatable bonds is 4. The van der Waals surface area contributed by atoms with Gasteiger partial charge in [0, 0.05) is 13.1 Å². The minimum atomic E-state index is -0.189. The Hall–Kier alpha value is -1.10. The first-order chi connectivity index (χ1) is 8.70. The van der Waals surface area contributed by atoms with E-state index in [1.165, 1.54) is 32.1 Å². The van der Waals surface area contributed by atoms with Crippen molar-refractivity contribution in [2.45, 2.75) is 52.0 Å². The van der Waals surface area contributed by atoms with Gasteiger partial charge >= 0.3 is 6.01 Å². The largest absolute Gasteiger partial charge is 0.406 e. The normalized spacial score (nSPS) is 22.8. The standard InChI is InChI=1S/C13H24N4O/c1-3-5-11-6-4-8-17(9-7-11)13-16-15-12(18-13)10(2)14/h10-11H,3-9,14H2,1-2H3. The second-order valence-corrected chi connectivity index (χ2v) is 5.28. The predicted molar refractivity (Wildman–Crippen MR) is 71.4 cm³/mol. The predicted octanol–water partition coefficient (Wildman–Crippen LogP) is 2.50. The first kappa shape index (κ1) is 13.3. The zero-order chi connectivity index (χ0) is 13.0. The van der Waals surface area contributed by atoms with Crippen LogP contribution in [0.5, 0.6) is 0 Å². The Kier molecular flexibility index (Phi) is 4.58. The maximum atomic E-state index is 5.73. The Bertz CT molecular complexity index is 364. The van der Waals surface area contributed by atoms with Crippen molar-refractivity contribution in [2.24, 2.45) is 11.7 Å². The maximum Gasteiger partial charge on any atom is 0.318 e. The molecule has 1 aliphatic heterocycles. The molecule has 0 saturated carbocycles. The van der Waals surface area contributed by atoms with Crippen molar-refractivity contribution in [3.05, 3.63) is 5.89 Å². The number of anilines is 1. The van der Waals surface area contributed by atoms with Crippen LogP contribution in [0.2, 0.25) is 0 Å². The third kappa shape index (κ3) is 3.22. The molecule has 0 aliphatic carbocycles. The molecule has 2 unspecified atom stereocenters. The molecule has 1 saturated heterocycles. The number of nitrogens with zero attached hydrogens (tertiary/aromatic N) is 3. The second kappa shape index (κ2) is 6.18. The van der Waals surface area contributed by atoms with Crippen LogP contribution >= 0.6 is 0 Å². The van der Waals surface area contributed by atoms with Crippen LogP contribution in [-0.2, 0) is 0 Å². The fourth-order valence-corrected chi connectivity index (χ4v) is 2.59. The van der Waals surface area contributed by atoms with E-state index < -0.39 is 0 Å². The van der Waals surface area contributed by atoms with E-state index >= 15 is 0 Å². The number of hydrogen-bond donors (Lipinski definition) is 1. The number of nitrogens with two attached hydrogens (primary N) is 1. The Labute approximate surface area is 109 Å². The van der Waals surface area contributed by atoms with Gasteiger partial charge in [0.2, 0.25) is 5.89 Å². The molecule has 102 valence electrons. The summed E-state index contributed by atoms with van der Waals surface area (Å²) < 4.78 is 5.61. The minimum absolute atomic E-state index is 0.189. The topological polar surface area (TPSA) is 68.2 Å². The van der Waals surface area contributed by atoms with Crippen LogP contribution in [0.1, 0.15) is 57.9 Å². The summed E-state index contributed by atoms with van der Waals surface area (Å²) in [6.07, 6.45) is 6.37. The van der Waals surface area contributed by atoms with E-state index in [1.54, 1.807) is 0 Å². The highest BCUT2D eigenvalue weighted by Gasteiger charge is 2.21. The maximum absolute atomic E-state index is 5.73. The van der Waals surface area contributed by atoms with Crippen molar-refractivity contribution in [2.75, 3.05) is 18.0 Å². The van der Waals surface area contributed by atoms with Crippen molar-refractivity contribution in [1.82, 2.24) is 10.2 Å². The lowest BCUT2D eigenvalue weighted by atomic mass is 9.96. The van der Waals surface area contributed by atoms with E-state index in [9.17, 15) is 0 Å². The van der Waals surface area contributed by atoms with E-state index in [4.69, 9.17) is 10.2 Å². The highest BCUT2D eigenvalue weighted by Crippen LogP contribution is 2.25. The van der Waals surface area contributed by atoms with Crippen LogP contribution in [-0.4, -0.2) is 23.3 Å². The number of hydrogen-bond acceptors (Lipinski definition) is 5. The van der Waals surface area contributed by atoms with Crippen LogP contribution in [0.4, 0.5) is 6.01 Å². The summed E-state index contributed by atoms with van der Waals surface area (Å²) in [6.45, 7) is 6.15. The van der Waals surface area contributed by atoms with Gasteiger partial charge in [-0.1, -0.05) is 24.9 Å². The molecule has 2 heterocycles. The van der Waals surface area contributed by atoms with Gasteiger partial charge in [-0.3, -0.25) is 0 Å². The molecule has 18 heavy (non-hydrogen) atoms. The molecule has 1 aromatic rings. The average Bonchev–Trinajstić information content (AvgIpc) is 2.72. The van der Waals surface area contributed by atoms with Crippen molar-refractivity contribution in [1.29, 1.82) is 0 Å². The molecule has 1 aliphatic rings. The van der Waals surface area contributed by atoms with Crippen LogP contribution in [0.3, 0.4) is 0 Å². The molecule has 1 fully saturated rings. The summed E-state index contributed by atoms with van der Waals surface area (Å²) >= 11 is 0. The Morgan fingerprint density at radius 3 is 2.89 bits per heavy atom. The highest BCUT2D eigenvalue weighted by molar-refractivity contribution is 5.24. The lowest BCUT2D eigenvalue weighted by Crippen LogP contribution is -2.24. The van der Waals surface area contributed by atoms with Crippen molar-refractivity contribution >= 4 is 6.01 Å². The molecule has 0 bridgehead atoms. The molecule has 2 N–H and O–H groups in total. The third-order valence-electron chi connectivity index (χ3n) is 3.63. The van der Waals surface area contributed by atoms with Gasteiger partial charge < -0.3 is 15.1 Å². The minimum Gasteiger partial charge on any atom is -0.406 e. The van der Waals surface area contributed by atoms with Gasteiger partial charge in [-0.05, 0) is 32.1 Å². The third-order valence-corrected chi connectivity index (χ3v) is 3.63. The number of aromatic nitrogens is 2. The molecule has 2 atom stereocenters. The van der Waals surface area contributed by atoms with Gasteiger partial charge in [-0.15, -0.1) is 5.10 Å². The summed E-state index contributed by atoms with van der Waals surface area (Å²) in [7, 11) is 0. The van der Waals surface area contributed by atoms with Crippen LogP contribution in [0.15, 0.2) is 4.42 Å². The van der Waals surface area contributed by atoms with Gasteiger partial charge in [0.15, 0.2) is 0 Å². The van der Waals surface area contributed by atoms with Gasteiger partial charge in [-0.25, -0.2) is 0 Å². The van der Waals surface area contributed by atoms with Crippen molar-refractivity contribution in [3.63, 3.8) is 0 Å². The SMILES string of the molecule is CCCC1CCCN(c2nnc(C(C)N)o2)CC1. The molecule has 0 radical (unpaired) electrons. The zero-order valence-electron chi connectivity index (χ0n) is 11.4. The Balaban J connectivity index is 1.96. The monoisotopic (exact) mass is 252 g/mol. The second-order valence-electron chi connectivity index (χ2n) is 5.28. The lowest BCUT2D eigenvalue weighted by molar-refractivity contribution is 0.432. The first-order valence-corrected chi connectivity index (χ1v) is 7.04. The Morgan fingerprint density at radius 2 is 2.22 bits per heavy atom. The quantitative estimate of drug-likeness (QED) is 0.891. The van der Waals surface area contributed by atoms with Crippen LogP contribution < -0.4 is 10.6 Å². The summed E-state index contributed by atoms with van der Waals surface area (Å²) in [6, 6.07) is 0.450. The van der Waals surface area contributed by atoms with E-state index in [2.05, 4.69) is 22.0 Å². The molecule has 0 amide bonds. The first-order valence-electron chi connectivity index (χ1n) is 7.04. The van der Waals surface area contributed by atoms with E-state index in [0.29, 0.717) is 11.9 Å². The molecular weight excluding hydrogens is 228 g/mol. The summed E-state index contributed by atoms with van der Waals surface area (Å²) in [5.41, 5.74) is 5.73. The van der Waals surface area contributed by atoms with E-state index in [0.717, 1.165) is 19.0 Å². The summed E-state index contributed by atoms with van der Waals surface area (Å²) in [5, 5.41) is 8.10. The fraction of sp³-hybridized carbons (Fsp3) is 0.846. The van der Waals surface area contributed by atoms with Crippen LogP contribution in [0, 0.1) is 5.92 Å². The van der Waals surface area contributed by atoms with Crippen molar-refractivity contribution in [3.8, 4) is 0 Å². The summed E-state index contributed by atoms with van der Waals surface area (Å²) in [5.74, 6) is 1.38. The molecule has 5 heteroatoms. The molecule has 5 nitrogen and oxygen atoms in total. The zero-order valence-corrected chi connectivity index (χ0v) is 11.4. The smallest absolute Gasteiger partial charge is 0.318 e. The lowest BCUT2D eigenvalue weighted by Gasteiger charge is -2.17. The molecule has 0 aromatic carbocycles. The van der Waals surface area contributed by atoms with Gasteiger partial charge in [0.1, 0.15) is 0 Å². The Morgan fingerprint density at radius 1 is 1.39 bits per heavy atom. The molecular formula is C13H24N4O. The van der Waals surface area contributed by atoms with E-state index in [-0.39, 0.29) is 6.04 Å². The fourth-order valence-electron chi connectivity index (χ4n) is 2.59. The van der Waals surface area contributed by atoms with E-state index in [1.807, 2.05) is 6.92 Å². The highest BCUT2D eigenvalue weighted by atomic mass is 16.4. The van der Waals surface area contributed by atoms with Gasteiger partial charge in [-0.2, -0.15) is 0 Å². The molecule has 1 aromatic heterocycles.